The minimum Gasteiger partial charge on any atom is -0.497 e. The number of carbonyl (C=O) groups excluding carboxylic acids is 2. The van der Waals surface area contributed by atoms with E-state index in [0.717, 1.165) is 0 Å². The van der Waals surface area contributed by atoms with E-state index in [-0.39, 0.29) is 19.6 Å². The number of benzene rings is 1. The van der Waals surface area contributed by atoms with Crippen molar-refractivity contribution < 1.29 is 23.8 Å². The second-order valence-electron chi connectivity index (χ2n) is 4.43. The molecular formula is C16H22O5. The summed E-state index contributed by atoms with van der Waals surface area (Å²) in [6.07, 6.45) is 0.248. The van der Waals surface area contributed by atoms with Crippen molar-refractivity contribution in [3.05, 3.63) is 29.8 Å². The van der Waals surface area contributed by atoms with Gasteiger partial charge in [0, 0.05) is 0 Å². The van der Waals surface area contributed by atoms with E-state index in [1.165, 1.54) is 7.11 Å². The normalized spacial score (nSPS) is 10.9. The molecule has 0 radical (unpaired) electrons. The lowest BCUT2D eigenvalue weighted by molar-refractivity contribution is -0.165. The first-order valence-electron chi connectivity index (χ1n) is 7.05. The molecule has 0 amide bonds. The molecule has 1 aromatic rings. The summed E-state index contributed by atoms with van der Waals surface area (Å²) in [5.74, 6) is -0.627. The van der Waals surface area contributed by atoms with Crippen LogP contribution in [0, 0.1) is 0 Å². The van der Waals surface area contributed by atoms with Gasteiger partial charge in [0.15, 0.2) is 5.41 Å². The Morgan fingerprint density at radius 3 is 2.05 bits per heavy atom. The number of esters is 2. The summed E-state index contributed by atoms with van der Waals surface area (Å²) in [5.41, 5.74) is -0.943. The number of ether oxygens (including phenoxy) is 3. The van der Waals surface area contributed by atoms with Crippen molar-refractivity contribution >= 4 is 11.9 Å². The van der Waals surface area contributed by atoms with Gasteiger partial charge in [0.05, 0.1) is 20.3 Å². The van der Waals surface area contributed by atoms with Gasteiger partial charge in [-0.05, 0) is 38.0 Å². The van der Waals surface area contributed by atoms with Crippen LogP contribution in [0.2, 0.25) is 0 Å². The van der Waals surface area contributed by atoms with Crippen LogP contribution in [0.5, 0.6) is 5.75 Å². The quantitative estimate of drug-likeness (QED) is 0.571. The van der Waals surface area contributed by atoms with E-state index in [4.69, 9.17) is 14.2 Å². The van der Waals surface area contributed by atoms with Crippen LogP contribution in [-0.2, 0) is 24.5 Å². The third kappa shape index (κ3) is 3.35. The molecule has 0 heterocycles. The number of methoxy groups -OCH3 is 1. The molecule has 1 rings (SSSR count). The summed E-state index contributed by atoms with van der Waals surface area (Å²) in [6, 6.07) is 6.86. The summed E-state index contributed by atoms with van der Waals surface area (Å²) < 4.78 is 15.4. The van der Waals surface area contributed by atoms with E-state index >= 15 is 0 Å². The van der Waals surface area contributed by atoms with E-state index in [1.807, 2.05) is 0 Å². The molecular weight excluding hydrogens is 272 g/mol. The average molecular weight is 294 g/mol. The summed E-state index contributed by atoms with van der Waals surface area (Å²) in [4.78, 5) is 24.9. The van der Waals surface area contributed by atoms with Crippen LogP contribution in [0.15, 0.2) is 24.3 Å². The molecule has 0 aromatic heterocycles. The van der Waals surface area contributed by atoms with Crippen LogP contribution in [0.1, 0.15) is 32.8 Å². The molecule has 5 nitrogen and oxygen atoms in total. The van der Waals surface area contributed by atoms with E-state index in [9.17, 15) is 9.59 Å². The molecule has 0 N–H and O–H groups in total. The van der Waals surface area contributed by atoms with Crippen LogP contribution in [0.25, 0.3) is 0 Å². The molecule has 0 aliphatic rings. The molecule has 0 saturated carbocycles. The third-order valence-corrected chi connectivity index (χ3v) is 3.34. The predicted molar refractivity (Wildman–Crippen MR) is 78.2 cm³/mol. The molecule has 116 valence electrons. The average Bonchev–Trinajstić information content (AvgIpc) is 2.49. The first-order valence-corrected chi connectivity index (χ1v) is 7.05. The maximum Gasteiger partial charge on any atom is 0.328 e. The summed E-state index contributed by atoms with van der Waals surface area (Å²) in [5, 5.41) is 0. The molecule has 0 fully saturated rings. The van der Waals surface area contributed by atoms with Crippen molar-refractivity contribution in [1.82, 2.24) is 0 Å². The number of rotatable bonds is 7. The van der Waals surface area contributed by atoms with Gasteiger partial charge < -0.3 is 14.2 Å². The molecule has 1 aromatic carbocycles. The maximum absolute atomic E-state index is 12.4. The molecule has 0 saturated heterocycles. The van der Waals surface area contributed by atoms with Crippen LogP contribution in [0.4, 0.5) is 0 Å². The van der Waals surface area contributed by atoms with Crippen LogP contribution < -0.4 is 4.74 Å². The molecule has 0 atom stereocenters. The number of hydrogen-bond donors (Lipinski definition) is 0. The molecule has 0 aliphatic heterocycles. The number of carbonyl (C=O) groups is 2. The zero-order chi connectivity index (χ0) is 15.9. The van der Waals surface area contributed by atoms with Gasteiger partial charge in [-0.3, -0.25) is 9.59 Å². The monoisotopic (exact) mass is 294 g/mol. The molecule has 0 bridgehead atoms. The van der Waals surface area contributed by atoms with Gasteiger partial charge in [-0.2, -0.15) is 0 Å². The Hall–Kier alpha value is -2.04. The first kappa shape index (κ1) is 17.0. The Morgan fingerprint density at radius 1 is 1.05 bits per heavy atom. The predicted octanol–water partition coefficient (Wildman–Crippen LogP) is 2.47. The van der Waals surface area contributed by atoms with Crippen LogP contribution in [-0.4, -0.2) is 32.3 Å². The van der Waals surface area contributed by atoms with Gasteiger partial charge in [0.25, 0.3) is 0 Å². The Balaban J connectivity index is 3.40. The summed E-state index contributed by atoms with van der Waals surface area (Å²) in [7, 11) is 1.53. The Bertz CT molecular complexity index is 477. The van der Waals surface area contributed by atoms with Crippen molar-refractivity contribution in [2.45, 2.75) is 32.6 Å². The smallest absolute Gasteiger partial charge is 0.328 e. The molecule has 5 heteroatoms. The zero-order valence-corrected chi connectivity index (χ0v) is 13.0. The lowest BCUT2D eigenvalue weighted by Gasteiger charge is -2.28. The lowest BCUT2D eigenvalue weighted by atomic mass is 9.78. The van der Waals surface area contributed by atoms with Gasteiger partial charge in [-0.15, -0.1) is 0 Å². The lowest BCUT2D eigenvalue weighted by Crippen LogP contribution is -2.45. The van der Waals surface area contributed by atoms with Crippen molar-refractivity contribution in [2.75, 3.05) is 20.3 Å². The fourth-order valence-electron chi connectivity index (χ4n) is 2.21. The zero-order valence-electron chi connectivity index (χ0n) is 13.0. The van der Waals surface area contributed by atoms with Gasteiger partial charge in [-0.25, -0.2) is 0 Å². The van der Waals surface area contributed by atoms with Gasteiger partial charge in [-0.1, -0.05) is 19.1 Å². The highest BCUT2D eigenvalue weighted by atomic mass is 16.6. The van der Waals surface area contributed by atoms with Gasteiger partial charge in [0.2, 0.25) is 0 Å². The fraction of sp³-hybridized carbons (Fsp3) is 0.500. The Kier molecular flexibility index (Phi) is 6.21. The van der Waals surface area contributed by atoms with E-state index in [1.54, 1.807) is 45.0 Å². The fourth-order valence-corrected chi connectivity index (χ4v) is 2.21. The molecule has 0 unspecified atom stereocenters. The standard InChI is InChI=1S/C16H22O5/c1-5-16(14(17)20-6-2,15(18)21-7-3)12-9-8-10-13(11-12)19-4/h8-11H,5-7H2,1-4H3. The Labute approximate surface area is 125 Å². The van der Waals surface area contributed by atoms with E-state index in [0.29, 0.717) is 11.3 Å². The minimum atomic E-state index is -1.46. The maximum atomic E-state index is 12.4. The van der Waals surface area contributed by atoms with Crippen molar-refractivity contribution in [2.24, 2.45) is 0 Å². The van der Waals surface area contributed by atoms with Crippen molar-refractivity contribution in [3.63, 3.8) is 0 Å². The third-order valence-electron chi connectivity index (χ3n) is 3.34. The van der Waals surface area contributed by atoms with E-state index < -0.39 is 17.4 Å². The minimum absolute atomic E-state index is 0.198. The highest BCUT2D eigenvalue weighted by molar-refractivity contribution is 6.06. The topological polar surface area (TPSA) is 61.8 Å². The molecule has 0 spiro atoms. The summed E-state index contributed by atoms with van der Waals surface area (Å²) >= 11 is 0. The van der Waals surface area contributed by atoms with E-state index in [2.05, 4.69) is 0 Å². The van der Waals surface area contributed by atoms with Gasteiger partial charge >= 0.3 is 11.9 Å². The SMILES string of the molecule is CCOC(=O)C(CC)(C(=O)OCC)c1cccc(OC)c1. The van der Waals surface area contributed by atoms with Crippen molar-refractivity contribution in [3.8, 4) is 5.75 Å². The molecule has 21 heavy (non-hydrogen) atoms. The summed E-state index contributed by atoms with van der Waals surface area (Å²) in [6.45, 7) is 5.56. The highest BCUT2D eigenvalue weighted by Crippen LogP contribution is 2.33. The number of hydrogen-bond acceptors (Lipinski definition) is 5. The largest absolute Gasteiger partial charge is 0.497 e. The van der Waals surface area contributed by atoms with Crippen LogP contribution >= 0.6 is 0 Å². The Morgan fingerprint density at radius 2 is 1.62 bits per heavy atom. The second-order valence-corrected chi connectivity index (χ2v) is 4.43. The van der Waals surface area contributed by atoms with Crippen LogP contribution in [0.3, 0.4) is 0 Å². The molecule has 0 aliphatic carbocycles. The second kappa shape index (κ2) is 7.67. The van der Waals surface area contributed by atoms with Gasteiger partial charge in [0.1, 0.15) is 5.75 Å². The first-order chi connectivity index (χ1) is 10.1. The highest BCUT2D eigenvalue weighted by Gasteiger charge is 2.49. The van der Waals surface area contributed by atoms with Crippen molar-refractivity contribution in [1.29, 1.82) is 0 Å².